The molecule has 14 rings (SSSR count). The molecule has 0 atom stereocenters. The van der Waals surface area contributed by atoms with Gasteiger partial charge in [-0.05, 0) is 89.0 Å². The number of hydrogen-bond donors (Lipinski definition) is 0. The van der Waals surface area contributed by atoms with Gasteiger partial charge in [0, 0.05) is 75.2 Å². The fourth-order valence-electron chi connectivity index (χ4n) is 10.9. The number of nitrogens with zero attached hydrogens (tertiary/aromatic N) is 6. The summed E-state index contributed by atoms with van der Waals surface area (Å²) in [6.45, 7) is 0. The van der Waals surface area contributed by atoms with Gasteiger partial charge in [-0.25, -0.2) is 4.98 Å². The van der Waals surface area contributed by atoms with Crippen LogP contribution in [0.4, 0.5) is 0 Å². The maximum Gasteiger partial charge on any atom is 0.268 e. The fraction of sp³-hybridized carbons (Fsp3) is 0.0159. The van der Waals surface area contributed by atoms with Crippen molar-refractivity contribution in [1.82, 2.24) is 23.3 Å². The number of fused-ring (bicyclic) bond motifs is 12. The molecule has 0 aliphatic carbocycles. The van der Waals surface area contributed by atoms with E-state index < -0.39 is 0 Å². The highest BCUT2D eigenvalue weighted by molar-refractivity contribution is 6.40. The zero-order chi connectivity index (χ0) is 46.3. The zero-order valence-corrected chi connectivity index (χ0v) is 38.1. The van der Waals surface area contributed by atoms with Crippen molar-refractivity contribution in [2.45, 2.75) is 0 Å². The van der Waals surface area contributed by atoms with Gasteiger partial charge in [-0.1, -0.05) is 146 Å². The summed E-state index contributed by atoms with van der Waals surface area (Å²) in [5, 5.41) is 7.15. The molecule has 330 valence electrons. The van der Waals surface area contributed by atoms with Gasteiger partial charge in [0.25, 0.3) is 6.33 Å². The molecule has 0 N–H and O–H groups in total. The van der Waals surface area contributed by atoms with E-state index in [9.17, 15) is 0 Å². The van der Waals surface area contributed by atoms with Crippen LogP contribution in [0.15, 0.2) is 237 Å². The predicted octanol–water partition coefficient (Wildman–Crippen LogP) is 14.9. The van der Waals surface area contributed by atoms with E-state index >= 15 is 0 Å². The molecule has 7 nitrogen and oxygen atoms in total. The summed E-state index contributed by atoms with van der Waals surface area (Å²) < 4.78 is 18.2. The first kappa shape index (κ1) is 39.7. The molecule has 70 heavy (non-hydrogen) atoms. The van der Waals surface area contributed by atoms with Gasteiger partial charge in [-0.2, -0.15) is 0 Å². The Morgan fingerprint density at radius 2 is 1.09 bits per heavy atom. The summed E-state index contributed by atoms with van der Waals surface area (Å²) in [4.78, 5) is 5.04. The number of ether oxygens (including phenoxy) is 1. The van der Waals surface area contributed by atoms with Crippen LogP contribution in [0.2, 0.25) is 0 Å². The molecule has 0 spiro atoms. The van der Waals surface area contributed by atoms with Crippen LogP contribution in [0.25, 0.3) is 111 Å². The van der Waals surface area contributed by atoms with Crippen LogP contribution in [-0.2, 0) is 7.05 Å². The summed E-state index contributed by atoms with van der Waals surface area (Å²) in [5.41, 5.74) is 14.4. The van der Waals surface area contributed by atoms with Crippen LogP contribution in [0.5, 0.6) is 11.5 Å². The average Bonchev–Trinajstić information content (AvgIpc) is 4.20. The third kappa shape index (κ3) is 6.08. The van der Waals surface area contributed by atoms with Crippen LogP contribution < -0.4 is 9.30 Å². The summed E-state index contributed by atoms with van der Waals surface area (Å²) in [6, 6.07) is 76.8. The van der Waals surface area contributed by atoms with E-state index in [0.717, 1.165) is 83.5 Å². The van der Waals surface area contributed by atoms with E-state index in [0.29, 0.717) is 11.5 Å². The van der Waals surface area contributed by atoms with Crippen LogP contribution in [-0.4, -0.2) is 23.3 Å². The lowest BCUT2D eigenvalue weighted by Crippen LogP contribution is -2.28. The maximum absolute atomic E-state index is 6.89. The average molecular weight is 899 g/mol. The molecule has 0 aliphatic heterocycles. The van der Waals surface area contributed by atoms with Gasteiger partial charge in [-0.15, -0.1) is 0 Å². The summed E-state index contributed by atoms with van der Waals surface area (Å²) >= 11 is 0. The number of aryl methyl sites for hydroxylation is 1. The molecule has 14 aromatic rings. The highest BCUT2D eigenvalue weighted by Crippen LogP contribution is 2.49. The third-order valence-corrected chi connectivity index (χ3v) is 13.9. The molecule has 0 radical (unpaired) electrons. The quantitative estimate of drug-likeness (QED) is 0.113. The first-order valence-corrected chi connectivity index (χ1v) is 23.6. The minimum Gasteiger partial charge on any atom is -0.458 e. The van der Waals surface area contributed by atoms with Gasteiger partial charge in [0.05, 0.1) is 39.0 Å². The maximum atomic E-state index is 6.89. The molecule has 0 fully saturated rings. The molecule has 7 heteroatoms. The first-order valence-electron chi connectivity index (χ1n) is 23.6. The van der Waals surface area contributed by atoms with Crippen molar-refractivity contribution < 1.29 is 9.30 Å². The van der Waals surface area contributed by atoms with Crippen LogP contribution in [0.1, 0.15) is 0 Å². The lowest BCUT2D eigenvalue weighted by atomic mass is 9.96. The molecule has 9 aromatic carbocycles. The van der Waals surface area contributed by atoms with Crippen molar-refractivity contribution in [1.29, 1.82) is 0 Å². The summed E-state index contributed by atoms with van der Waals surface area (Å²) in [5.74, 6) is 2.26. The molecule has 0 unspecified atom stereocenters. The lowest BCUT2D eigenvalue weighted by Gasteiger charge is -2.16. The van der Waals surface area contributed by atoms with Gasteiger partial charge in [0.2, 0.25) is 0 Å². The van der Waals surface area contributed by atoms with Crippen LogP contribution in [0, 0.1) is 6.33 Å². The van der Waals surface area contributed by atoms with E-state index in [-0.39, 0.29) is 0 Å². The SMILES string of the molecule is Cn1c2ccccc2c2c3c4ccccc4n(-c4ccccc4)c3c3c4ccc(Oc5cccc(-[n+]6[c-]n(-c7c(-c8ccccc8)cccc7-c7ccccc7)cc6)c5)cc4n(-c4ccccn4)c3c21. The van der Waals surface area contributed by atoms with Crippen molar-refractivity contribution >= 4 is 65.4 Å². The minimum atomic E-state index is 0.711. The van der Waals surface area contributed by atoms with Gasteiger partial charge >= 0.3 is 0 Å². The number of pyridine rings is 1. The summed E-state index contributed by atoms with van der Waals surface area (Å²) in [7, 11) is 2.20. The Kier molecular flexibility index (Phi) is 8.97. The molecule has 5 aromatic heterocycles. The second-order valence-corrected chi connectivity index (χ2v) is 17.8. The second-order valence-electron chi connectivity index (χ2n) is 17.8. The topological polar surface area (TPSA) is 45.7 Å². The van der Waals surface area contributed by atoms with Crippen molar-refractivity contribution in [3.63, 3.8) is 0 Å². The number of hydrogen-bond acceptors (Lipinski definition) is 2. The van der Waals surface area contributed by atoms with Crippen molar-refractivity contribution in [3.8, 4) is 56.6 Å². The highest BCUT2D eigenvalue weighted by atomic mass is 16.5. The number of rotatable bonds is 8. The van der Waals surface area contributed by atoms with Crippen molar-refractivity contribution in [3.05, 3.63) is 243 Å². The van der Waals surface area contributed by atoms with Crippen LogP contribution >= 0.6 is 0 Å². The first-order chi connectivity index (χ1) is 34.7. The lowest BCUT2D eigenvalue weighted by molar-refractivity contribution is -0.599. The number of aromatic nitrogens is 6. The third-order valence-electron chi connectivity index (χ3n) is 13.9. The number of para-hydroxylation sites is 4. The smallest absolute Gasteiger partial charge is 0.268 e. The van der Waals surface area contributed by atoms with E-state index in [1.807, 2.05) is 29.0 Å². The van der Waals surface area contributed by atoms with Gasteiger partial charge in [-0.3, -0.25) is 13.7 Å². The molecule has 0 saturated carbocycles. The normalized spacial score (nSPS) is 11.8. The largest absolute Gasteiger partial charge is 0.458 e. The predicted molar refractivity (Wildman–Crippen MR) is 284 cm³/mol. The Labute approximate surface area is 403 Å². The van der Waals surface area contributed by atoms with E-state index in [2.05, 4.69) is 244 Å². The second kappa shape index (κ2) is 15.8. The molecular formula is C63H42N6O. The molecule has 0 amide bonds. The minimum absolute atomic E-state index is 0.711. The van der Waals surface area contributed by atoms with E-state index in [4.69, 9.17) is 9.72 Å². The highest BCUT2D eigenvalue weighted by Gasteiger charge is 2.28. The van der Waals surface area contributed by atoms with Crippen molar-refractivity contribution in [2.24, 2.45) is 7.05 Å². The van der Waals surface area contributed by atoms with E-state index in [1.54, 1.807) is 0 Å². The molecular weight excluding hydrogens is 857 g/mol. The van der Waals surface area contributed by atoms with Crippen LogP contribution in [0.3, 0.4) is 0 Å². The Bertz CT molecular complexity index is 4260. The molecule has 0 saturated heterocycles. The van der Waals surface area contributed by atoms with Gasteiger partial charge in [0.15, 0.2) is 0 Å². The number of imidazole rings is 1. The molecule has 0 bridgehead atoms. The Hall–Kier alpha value is -9.46. The Morgan fingerprint density at radius 3 is 1.81 bits per heavy atom. The Morgan fingerprint density at radius 1 is 0.471 bits per heavy atom. The monoisotopic (exact) mass is 898 g/mol. The Balaban J connectivity index is 0.956. The molecule has 0 aliphatic rings. The van der Waals surface area contributed by atoms with E-state index in [1.165, 1.54) is 27.1 Å². The number of benzene rings is 9. The molecule has 5 heterocycles. The van der Waals surface area contributed by atoms with Crippen molar-refractivity contribution in [2.75, 3.05) is 0 Å². The van der Waals surface area contributed by atoms with Gasteiger partial charge in [0.1, 0.15) is 17.3 Å². The van der Waals surface area contributed by atoms with Gasteiger partial charge < -0.3 is 13.9 Å². The zero-order valence-electron chi connectivity index (χ0n) is 38.1. The standard InChI is InChI=1S/C63H42N6O/c1-65-53-31-13-11-27-50(53)58-57-51-28-12-14-32-54(51)68(44-23-9-4-10-24-44)61(57)59-52-35-34-47(40-55(52)69(63(59)62(58)65)56-33-15-16-36-64-56)70-46-26-17-25-45(39-46)66-37-38-67(41-66)60-48(42-19-5-2-6-20-42)29-18-30-49(60)43-21-7-3-8-22-43/h2-40H,1H3. The summed E-state index contributed by atoms with van der Waals surface area (Å²) in [6.07, 6.45) is 9.66. The fourth-order valence-corrected chi connectivity index (χ4v) is 10.9.